The molecule has 9 heteroatoms. The number of aryl methyl sites for hydroxylation is 2. The molecule has 0 aliphatic carbocycles. The second-order valence-corrected chi connectivity index (χ2v) is 10.3. The van der Waals surface area contributed by atoms with Crippen LogP contribution in [0.25, 0.3) is 0 Å². The van der Waals surface area contributed by atoms with Gasteiger partial charge in [0.1, 0.15) is 0 Å². The number of hydrogen-bond donors (Lipinski definition) is 1. The smallest absolute Gasteiger partial charge is 0.322 e. The number of fused-ring (bicyclic) bond motifs is 1. The molecule has 1 aliphatic rings. The maximum Gasteiger partial charge on any atom is 0.322 e. The third-order valence-electron chi connectivity index (χ3n) is 5.94. The van der Waals surface area contributed by atoms with E-state index in [-0.39, 0.29) is 16.5 Å². The molecule has 0 radical (unpaired) electrons. The van der Waals surface area contributed by atoms with Crippen LogP contribution in [0.3, 0.4) is 0 Å². The number of sulfonamides is 1. The van der Waals surface area contributed by atoms with Gasteiger partial charge in [0, 0.05) is 12.1 Å². The third-order valence-corrected chi connectivity index (χ3v) is 7.76. The minimum absolute atomic E-state index is 0.0151. The van der Waals surface area contributed by atoms with Crippen molar-refractivity contribution in [3.05, 3.63) is 101 Å². The Morgan fingerprint density at radius 2 is 1.74 bits per heavy atom. The highest BCUT2D eigenvalue weighted by atomic mass is 32.2. The normalized spacial score (nSPS) is 13.3. The summed E-state index contributed by atoms with van der Waals surface area (Å²) < 4.78 is 33.6. The van der Waals surface area contributed by atoms with Crippen LogP contribution in [-0.2, 0) is 22.9 Å². The van der Waals surface area contributed by atoms with Gasteiger partial charge in [-0.15, -0.1) is 5.10 Å². The van der Waals surface area contributed by atoms with Crippen molar-refractivity contribution in [3.63, 3.8) is 0 Å². The van der Waals surface area contributed by atoms with Crippen LogP contribution in [-0.4, -0.2) is 31.1 Å². The fourth-order valence-electron chi connectivity index (χ4n) is 4.08. The summed E-state index contributed by atoms with van der Waals surface area (Å²) in [7, 11) is -3.75. The Labute approximate surface area is 203 Å². The van der Waals surface area contributed by atoms with Crippen LogP contribution in [0, 0.1) is 6.92 Å². The molecular formula is C26H24N4O4S. The van der Waals surface area contributed by atoms with Crippen molar-refractivity contribution in [1.29, 1.82) is 0 Å². The topological polar surface area (TPSA) is 105 Å². The van der Waals surface area contributed by atoms with Crippen molar-refractivity contribution >= 4 is 27.6 Å². The molecule has 0 saturated carbocycles. The van der Waals surface area contributed by atoms with E-state index >= 15 is 0 Å². The molecule has 0 unspecified atom stereocenters. The molecule has 0 atom stereocenters. The Bertz CT molecular complexity index is 1460. The molecule has 35 heavy (non-hydrogen) atoms. The molecular weight excluding hydrogens is 464 g/mol. The van der Waals surface area contributed by atoms with E-state index in [9.17, 15) is 13.2 Å². The Kier molecular flexibility index (Phi) is 6.08. The van der Waals surface area contributed by atoms with E-state index in [1.807, 2.05) is 55.5 Å². The molecule has 3 aromatic carbocycles. The number of benzene rings is 3. The van der Waals surface area contributed by atoms with Crippen molar-refractivity contribution in [2.75, 3.05) is 16.2 Å². The van der Waals surface area contributed by atoms with E-state index in [1.165, 1.54) is 28.6 Å². The zero-order valence-corrected chi connectivity index (χ0v) is 20.0. The lowest BCUT2D eigenvalue weighted by molar-refractivity contribution is 0.102. The van der Waals surface area contributed by atoms with E-state index < -0.39 is 15.9 Å². The number of anilines is 2. The van der Waals surface area contributed by atoms with Crippen LogP contribution in [0.15, 0.2) is 82.1 Å². The van der Waals surface area contributed by atoms with E-state index in [2.05, 4.69) is 15.5 Å². The predicted molar refractivity (Wildman–Crippen MR) is 132 cm³/mol. The first-order valence-corrected chi connectivity index (χ1v) is 12.7. The van der Waals surface area contributed by atoms with Crippen molar-refractivity contribution in [1.82, 2.24) is 10.2 Å². The Morgan fingerprint density at radius 3 is 2.51 bits per heavy atom. The lowest BCUT2D eigenvalue weighted by atomic mass is 10.0. The number of amides is 1. The molecule has 1 N–H and O–H groups in total. The maximum atomic E-state index is 13.3. The van der Waals surface area contributed by atoms with Gasteiger partial charge in [-0.1, -0.05) is 53.1 Å². The number of para-hydroxylation sites is 1. The van der Waals surface area contributed by atoms with Crippen molar-refractivity contribution in [2.24, 2.45) is 0 Å². The highest BCUT2D eigenvalue weighted by Crippen LogP contribution is 2.31. The van der Waals surface area contributed by atoms with E-state index in [1.54, 1.807) is 0 Å². The van der Waals surface area contributed by atoms with Crippen LogP contribution in [0.5, 0.6) is 0 Å². The quantitative estimate of drug-likeness (QED) is 0.432. The van der Waals surface area contributed by atoms with E-state index in [4.69, 9.17) is 4.42 Å². The first kappa shape index (κ1) is 22.8. The van der Waals surface area contributed by atoms with Gasteiger partial charge in [-0.05, 0) is 61.2 Å². The summed E-state index contributed by atoms with van der Waals surface area (Å²) in [5.41, 5.74) is 4.18. The predicted octanol–water partition coefficient (Wildman–Crippen LogP) is 4.36. The van der Waals surface area contributed by atoms with Gasteiger partial charge in [0.2, 0.25) is 5.89 Å². The number of nitrogens with one attached hydrogen (secondary N) is 1. The highest BCUT2D eigenvalue weighted by molar-refractivity contribution is 7.92. The number of nitrogens with zero attached hydrogens (tertiary/aromatic N) is 3. The molecule has 1 aromatic heterocycles. The first-order chi connectivity index (χ1) is 16.9. The molecule has 8 nitrogen and oxygen atoms in total. The number of carbonyl (C=O) groups excluding carboxylic acids is 1. The standard InChI is InChI=1S/C26H24N4O4S/c1-18-8-10-19(11-9-18)17-24-28-29-26(34-24)27-25(31)21-12-14-22(15-13-21)35(32,33)30-16-4-6-20-5-2-3-7-23(20)30/h2-3,5,7-15H,4,6,16-17H2,1H3,(H,27,29,31). The van der Waals surface area contributed by atoms with Crippen LogP contribution in [0.4, 0.5) is 11.7 Å². The van der Waals surface area contributed by atoms with Gasteiger partial charge < -0.3 is 4.42 Å². The lowest BCUT2D eigenvalue weighted by Gasteiger charge is -2.30. The van der Waals surface area contributed by atoms with Gasteiger partial charge in [-0.3, -0.25) is 14.4 Å². The SMILES string of the molecule is Cc1ccc(Cc2nnc(NC(=O)c3ccc(S(=O)(=O)N4CCCc5ccccc54)cc3)o2)cc1. The Hall–Kier alpha value is -3.98. The highest BCUT2D eigenvalue weighted by Gasteiger charge is 2.29. The summed E-state index contributed by atoms with van der Waals surface area (Å²) in [6.45, 7) is 2.43. The maximum absolute atomic E-state index is 13.3. The van der Waals surface area contributed by atoms with Crippen molar-refractivity contribution in [2.45, 2.75) is 31.1 Å². The molecule has 0 bridgehead atoms. The zero-order valence-electron chi connectivity index (χ0n) is 19.1. The molecule has 1 amide bonds. The second kappa shape index (κ2) is 9.34. The van der Waals surface area contributed by atoms with Gasteiger partial charge in [0.15, 0.2) is 0 Å². The van der Waals surface area contributed by atoms with Crippen LogP contribution in [0.2, 0.25) is 0 Å². The average molecular weight is 489 g/mol. The van der Waals surface area contributed by atoms with Crippen LogP contribution in [0.1, 0.15) is 39.4 Å². The number of hydrogen-bond acceptors (Lipinski definition) is 6. The first-order valence-electron chi connectivity index (χ1n) is 11.3. The summed E-state index contributed by atoms with van der Waals surface area (Å²) >= 11 is 0. The van der Waals surface area contributed by atoms with Gasteiger partial charge in [0.05, 0.1) is 17.0 Å². The molecule has 1 aliphatic heterocycles. The van der Waals surface area contributed by atoms with Gasteiger partial charge in [-0.25, -0.2) is 8.42 Å². The molecule has 0 fully saturated rings. The lowest BCUT2D eigenvalue weighted by Crippen LogP contribution is -2.35. The monoisotopic (exact) mass is 488 g/mol. The van der Waals surface area contributed by atoms with Crippen LogP contribution >= 0.6 is 0 Å². The molecule has 178 valence electrons. The van der Waals surface area contributed by atoms with Crippen LogP contribution < -0.4 is 9.62 Å². The average Bonchev–Trinajstić information content (AvgIpc) is 3.31. The largest absolute Gasteiger partial charge is 0.407 e. The number of aromatic nitrogens is 2. The number of rotatable bonds is 6. The van der Waals surface area contributed by atoms with E-state index in [0.717, 1.165) is 29.5 Å². The summed E-state index contributed by atoms with van der Waals surface area (Å²) in [6, 6.07) is 21.3. The fourth-order valence-corrected chi connectivity index (χ4v) is 5.62. The van der Waals surface area contributed by atoms with Gasteiger partial charge in [-0.2, -0.15) is 0 Å². The Morgan fingerprint density at radius 1 is 1.00 bits per heavy atom. The van der Waals surface area contributed by atoms with Gasteiger partial charge in [0.25, 0.3) is 15.9 Å². The zero-order chi connectivity index (χ0) is 24.4. The summed E-state index contributed by atoms with van der Waals surface area (Å²) in [5.74, 6) is -0.0878. The number of carbonyl (C=O) groups is 1. The molecule has 5 rings (SSSR count). The summed E-state index contributed by atoms with van der Waals surface area (Å²) in [4.78, 5) is 12.8. The van der Waals surface area contributed by atoms with Crippen molar-refractivity contribution < 1.29 is 17.6 Å². The van der Waals surface area contributed by atoms with Gasteiger partial charge >= 0.3 is 6.01 Å². The summed E-state index contributed by atoms with van der Waals surface area (Å²) in [6.07, 6.45) is 2.06. The minimum atomic E-state index is -3.75. The molecule has 2 heterocycles. The van der Waals surface area contributed by atoms with E-state index in [0.29, 0.717) is 24.5 Å². The molecule has 0 spiro atoms. The molecule has 0 saturated heterocycles. The summed E-state index contributed by atoms with van der Waals surface area (Å²) in [5, 5.41) is 10.4. The molecule has 4 aromatic rings. The van der Waals surface area contributed by atoms with Crippen molar-refractivity contribution in [3.8, 4) is 0 Å². The Balaban J connectivity index is 1.27. The second-order valence-electron chi connectivity index (χ2n) is 8.45. The fraction of sp³-hybridized carbons (Fsp3) is 0.192. The third kappa shape index (κ3) is 4.81. The minimum Gasteiger partial charge on any atom is -0.407 e.